The lowest BCUT2D eigenvalue weighted by Crippen LogP contribution is -2.33. The van der Waals surface area contributed by atoms with Gasteiger partial charge in [0, 0.05) is 23.8 Å². The molecule has 0 radical (unpaired) electrons. The number of hydrogen-bond acceptors (Lipinski definition) is 3. The Kier molecular flexibility index (Phi) is 4.50. The smallest absolute Gasteiger partial charge is 0.159 e. The second kappa shape index (κ2) is 5.66. The van der Waals surface area contributed by atoms with Crippen LogP contribution in [0.2, 0.25) is 0 Å². The minimum Gasteiger partial charge on any atom is -0.395 e. The molecule has 0 heterocycles. The quantitative estimate of drug-likeness (QED) is 0.774. The minimum absolute atomic E-state index is 0.0739. The lowest BCUT2D eigenvalue weighted by molar-refractivity contribution is 0.101. The molecule has 0 aromatic heterocycles. The molecule has 0 atom stereocenters. The molecule has 1 aromatic carbocycles. The molecule has 0 saturated heterocycles. The molecule has 88 valence electrons. The third-order valence-electron chi connectivity index (χ3n) is 2.57. The average Bonchev–Trinajstić information content (AvgIpc) is 2.25. The highest BCUT2D eigenvalue weighted by molar-refractivity contribution is 5.94. The maximum atomic E-state index is 11.1. The van der Waals surface area contributed by atoms with Crippen LogP contribution in [-0.4, -0.2) is 30.1 Å². The van der Waals surface area contributed by atoms with E-state index in [4.69, 9.17) is 5.11 Å². The van der Waals surface area contributed by atoms with Gasteiger partial charge in [-0.2, -0.15) is 0 Å². The minimum atomic E-state index is 0.0739. The van der Waals surface area contributed by atoms with Crippen LogP contribution in [0.3, 0.4) is 0 Å². The van der Waals surface area contributed by atoms with Gasteiger partial charge in [-0.1, -0.05) is 0 Å². The number of aliphatic hydroxyl groups is 1. The van der Waals surface area contributed by atoms with Gasteiger partial charge in [-0.25, -0.2) is 0 Å². The van der Waals surface area contributed by atoms with E-state index in [2.05, 4.69) is 18.7 Å². The summed E-state index contributed by atoms with van der Waals surface area (Å²) in [5.41, 5.74) is 1.76. The highest BCUT2D eigenvalue weighted by Gasteiger charge is 2.09. The van der Waals surface area contributed by atoms with E-state index in [0.29, 0.717) is 12.6 Å². The fourth-order valence-electron chi connectivity index (χ4n) is 1.68. The fourth-order valence-corrected chi connectivity index (χ4v) is 1.68. The second-order valence-electron chi connectivity index (χ2n) is 4.11. The predicted octanol–water partition coefficient (Wildman–Crippen LogP) is 2.10. The van der Waals surface area contributed by atoms with Crippen LogP contribution in [0.25, 0.3) is 0 Å². The largest absolute Gasteiger partial charge is 0.395 e. The molecule has 16 heavy (non-hydrogen) atoms. The monoisotopic (exact) mass is 221 g/mol. The summed E-state index contributed by atoms with van der Waals surface area (Å²) in [4.78, 5) is 13.2. The van der Waals surface area contributed by atoms with Crippen LogP contribution in [-0.2, 0) is 0 Å². The van der Waals surface area contributed by atoms with Crippen LogP contribution in [0.5, 0.6) is 0 Å². The first-order valence-corrected chi connectivity index (χ1v) is 5.54. The first-order chi connectivity index (χ1) is 7.56. The number of benzene rings is 1. The Hall–Kier alpha value is -1.35. The molecule has 0 unspecified atom stereocenters. The Balaban J connectivity index is 2.89. The van der Waals surface area contributed by atoms with Crippen molar-refractivity contribution in [2.45, 2.75) is 26.8 Å². The van der Waals surface area contributed by atoms with Crippen molar-refractivity contribution in [1.82, 2.24) is 0 Å². The zero-order valence-corrected chi connectivity index (χ0v) is 10.1. The normalized spacial score (nSPS) is 10.6. The maximum absolute atomic E-state index is 11.1. The Morgan fingerprint density at radius 2 is 1.88 bits per heavy atom. The molecule has 0 spiro atoms. The molecule has 1 aromatic rings. The first-order valence-electron chi connectivity index (χ1n) is 5.54. The number of ketones is 1. The summed E-state index contributed by atoms with van der Waals surface area (Å²) in [5.74, 6) is 0.0739. The van der Waals surface area contributed by atoms with Gasteiger partial charge in [0.15, 0.2) is 5.78 Å². The van der Waals surface area contributed by atoms with Crippen LogP contribution in [0.15, 0.2) is 24.3 Å². The van der Waals surface area contributed by atoms with Crippen molar-refractivity contribution in [3.8, 4) is 0 Å². The molecule has 0 bridgehead atoms. The molecule has 0 aliphatic heterocycles. The van der Waals surface area contributed by atoms with E-state index in [1.54, 1.807) is 6.92 Å². The molecule has 3 nitrogen and oxygen atoms in total. The number of anilines is 1. The summed E-state index contributed by atoms with van der Waals surface area (Å²) >= 11 is 0. The van der Waals surface area contributed by atoms with Gasteiger partial charge in [-0.3, -0.25) is 4.79 Å². The van der Waals surface area contributed by atoms with Gasteiger partial charge >= 0.3 is 0 Å². The highest BCUT2D eigenvalue weighted by atomic mass is 16.3. The van der Waals surface area contributed by atoms with E-state index in [9.17, 15) is 4.79 Å². The first kappa shape index (κ1) is 12.7. The number of carbonyl (C=O) groups is 1. The fraction of sp³-hybridized carbons (Fsp3) is 0.462. The van der Waals surface area contributed by atoms with Crippen molar-refractivity contribution in [3.63, 3.8) is 0 Å². The summed E-state index contributed by atoms with van der Waals surface area (Å²) in [6.07, 6.45) is 0. The van der Waals surface area contributed by atoms with Crippen molar-refractivity contribution in [2.75, 3.05) is 18.1 Å². The topological polar surface area (TPSA) is 40.5 Å². The molecule has 0 fully saturated rings. The van der Waals surface area contributed by atoms with Crippen molar-refractivity contribution >= 4 is 11.5 Å². The molecule has 0 saturated carbocycles. The molecule has 0 aliphatic carbocycles. The average molecular weight is 221 g/mol. The van der Waals surface area contributed by atoms with Gasteiger partial charge in [0.25, 0.3) is 0 Å². The zero-order valence-electron chi connectivity index (χ0n) is 10.1. The van der Waals surface area contributed by atoms with Crippen LogP contribution in [0.4, 0.5) is 5.69 Å². The maximum Gasteiger partial charge on any atom is 0.159 e. The van der Waals surface area contributed by atoms with Gasteiger partial charge < -0.3 is 10.0 Å². The lowest BCUT2D eigenvalue weighted by Gasteiger charge is -2.28. The number of carbonyl (C=O) groups excluding carboxylic acids is 1. The molecule has 1 rings (SSSR count). The molecule has 3 heteroatoms. The summed E-state index contributed by atoms with van der Waals surface area (Å²) in [6.45, 7) is 6.45. The van der Waals surface area contributed by atoms with Crippen LogP contribution >= 0.6 is 0 Å². The SMILES string of the molecule is CC(=O)c1ccc(N(CCO)C(C)C)cc1. The van der Waals surface area contributed by atoms with Crippen molar-refractivity contribution in [3.05, 3.63) is 29.8 Å². The molecule has 0 amide bonds. The highest BCUT2D eigenvalue weighted by Crippen LogP contribution is 2.17. The Bertz CT molecular complexity index is 343. The summed E-state index contributed by atoms with van der Waals surface area (Å²) in [7, 11) is 0. The van der Waals surface area contributed by atoms with Crippen LogP contribution in [0.1, 0.15) is 31.1 Å². The molecular weight excluding hydrogens is 202 g/mol. The van der Waals surface area contributed by atoms with Gasteiger partial charge in [0.1, 0.15) is 0 Å². The number of rotatable bonds is 5. The zero-order chi connectivity index (χ0) is 12.1. The summed E-state index contributed by atoms with van der Waals surface area (Å²) in [6, 6.07) is 7.82. The van der Waals surface area contributed by atoms with Crippen LogP contribution in [0, 0.1) is 0 Å². The van der Waals surface area contributed by atoms with E-state index >= 15 is 0 Å². The molecule has 1 N–H and O–H groups in total. The van der Waals surface area contributed by atoms with Crippen molar-refractivity contribution in [1.29, 1.82) is 0 Å². The van der Waals surface area contributed by atoms with Gasteiger partial charge in [0.2, 0.25) is 0 Å². The number of hydrogen-bond donors (Lipinski definition) is 1. The Labute approximate surface area is 96.7 Å². The van der Waals surface area contributed by atoms with Gasteiger partial charge in [-0.15, -0.1) is 0 Å². The van der Waals surface area contributed by atoms with Crippen molar-refractivity contribution in [2.24, 2.45) is 0 Å². The third-order valence-corrected chi connectivity index (χ3v) is 2.57. The number of nitrogens with zero attached hydrogens (tertiary/aromatic N) is 1. The third kappa shape index (κ3) is 3.07. The summed E-state index contributed by atoms with van der Waals surface area (Å²) < 4.78 is 0. The van der Waals surface area contributed by atoms with E-state index in [1.807, 2.05) is 24.3 Å². The molecular formula is C13H19NO2. The van der Waals surface area contributed by atoms with E-state index in [1.165, 1.54) is 0 Å². The predicted molar refractivity (Wildman–Crippen MR) is 66.0 cm³/mol. The summed E-state index contributed by atoms with van der Waals surface area (Å²) in [5, 5.41) is 8.99. The molecule has 0 aliphatic rings. The Morgan fingerprint density at radius 1 is 1.31 bits per heavy atom. The second-order valence-corrected chi connectivity index (χ2v) is 4.11. The van der Waals surface area contributed by atoms with Crippen LogP contribution < -0.4 is 4.90 Å². The van der Waals surface area contributed by atoms with E-state index < -0.39 is 0 Å². The van der Waals surface area contributed by atoms with E-state index in [-0.39, 0.29) is 12.4 Å². The standard InChI is InChI=1S/C13H19NO2/c1-10(2)14(8-9-15)13-6-4-12(5-7-13)11(3)16/h4-7,10,15H,8-9H2,1-3H3. The lowest BCUT2D eigenvalue weighted by atomic mass is 10.1. The van der Waals surface area contributed by atoms with Gasteiger partial charge in [-0.05, 0) is 45.0 Å². The Morgan fingerprint density at radius 3 is 2.25 bits per heavy atom. The van der Waals surface area contributed by atoms with Crippen molar-refractivity contribution < 1.29 is 9.90 Å². The number of aliphatic hydroxyl groups excluding tert-OH is 1. The van der Waals surface area contributed by atoms with E-state index in [0.717, 1.165) is 11.3 Å². The van der Waals surface area contributed by atoms with Gasteiger partial charge in [0.05, 0.1) is 6.61 Å². The number of Topliss-reactive ketones (excluding diaryl/α,β-unsaturated/α-hetero) is 1.